The molecule has 2 aromatic carbocycles. The van der Waals surface area contributed by atoms with Crippen LogP contribution in [0.5, 0.6) is 0 Å². The molecule has 9 heteroatoms. The van der Waals surface area contributed by atoms with Crippen LogP contribution in [0, 0.1) is 0 Å². The maximum absolute atomic E-state index is 12.8. The van der Waals surface area contributed by atoms with Crippen LogP contribution >= 0.6 is 23.2 Å². The maximum atomic E-state index is 12.8. The number of aromatic amines is 2. The van der Waals surface area contributed by atoms with Gasteiger partial charge in [-0.15, -0.1) is 0 Å². The highest BCUT2D eigenvalue weighted by atomic mass is 35.5. The second-order valence-corrected chi connectivity index (χ2v) is 7.71. The van der Waals surface area contributed by atoms with Crippen LogP contribution in [0.3, 0.4) is 0 Å². The summed E-state index contributed by atoms with van der Waals surface area (Å²) >= 11 is 12.1. The molecule has 3 aromatic rings. The molecule has 1 fully saturated rings. The number of hydrogen-bond donors (Lipinski definition) is 3. The lowest BCUT2D eigenvalue weighted by atomic mass is 10.1. The van der Waals surface area contributed by atoms with Crippen molar-refractivity contribution in [1.29, 1.82) is 0 Å². The Labute approximate surface area is 171 Å². The third-order valence-electron chi connectivity index (χ3n) is 4.90. The molecule has 28 heavy (non-hydrogen) atoms. The zero-order chi connectivity index (χ0) is 19.8. The molecule has 0 atom stereocenters. The average Bonchev–Trinajstić information content (AvgIpc) is 3.00. The van der Waals surface area contributed by atoms with E-state index in [1.165, 1.54) is 6.07 Å². The van der Waals surface area contributed by atoms with Crippen LogP contribution in [-0.4, -0.2) is 54.0 Å². The van der Waals surface area contributed by atoms with E-state index in [1.807, 2.05) is 6.07 Å². The summed E-state index contributed by atoms with van der Waals surface area (Å²) in [6.45, 7) is 3.47. The molecule has 0 saturated carbocycles. The number of anilines is 2. The van der Waals surface area contributed by atoms with Gasteiger partial charge in [0, 0.05) is 31.2 Å². The molecule has 146 valence electrons. The van der Waals surface area contributed by atoms with Gasteiger partial charge in [0.15, 0.2) is 0 Å². The molecular formula is C19H19Cl2N5O2. The first-order valence-corrected chi connectivity index (χ1v) is 9.62. The monoisotopic (exact) mass is 419 g/mol. The number of fused-ring (bicyclic) bond motifs is 1. The fraction of sp³-hybridized carbons (Fsp3) is 0.263. The minimum absolute atomic E-state index is 0.280. The van der Waals surface area contributed by atoms with E-state index in [9.17, 15) is 9.59 Å². The molecule has 2 heterocycles. The Balaban J connectivity index is 1.72. The number of hydrogen-bond acceptors (Lipinski definition) is 4. The van der Waals surface area contributed by atoms with Crippen molar-refractivity contribution in [2.75, 3.05) is 43.4 Å². The van der Waals surface area contributed by atoms with Crippen molar-refractivity contribution in [2.45, 2.75) is 0 Å². The van der Waals surface area contributed by atoms with Crippen molar-refractivity contribution in [2.24, 2.45) is 0 Å². The SMILES string of the molecule is CN1CCN(c2cc3[nH]c(=O)[nH]c3cc2NC(=O)c2ccc(Cl)cc2Cl)CC1. The van der Waals surface area contributed by atoms with Gasteiger partial charge < -0.3 is 25.1 Å². The van der Waals surface area contributed by atoms with Gasteiger partial charge in [0.1, 0.15) is 0 Å². The number of amides is 1. The summed E-state index contributed by atoms with van der Waals surface area (Å²) in [5.74, 6) is -0.339. The second-order valence-electron chi connectivity index (χ2n) is 6.86. The van der Waals surface area contributed by atoms with E-state index in [-0.39, 0.29) is 16.6 Å². The standard InChI is InChI=1S/C19H19Cl2N5O2/c1-25-4-6-26(7-5-25)17-10-15-14(23-19(28)24-15)9-16(17)22-18(27)12-3-2-11(20)8-13(12)21/h2-3,8-10H,4-7H2,1H3,(H,22,27)(H2,23,24,28). The summed E-state index contributed by atoms with van der Waals surface area (Å²) in [4.78, 5) is 34.5. The van der Waals surface area contributed by atoms with Gasteiger partial charge >= 0.3 is 5.69 Å². The zero-order valence-corrected chi connectivity index (χ0v) is 16.7. The Kier molecular flexibility index (Phi) is 5.05. The summed E-state index contributed by atoms with van der Waals surface area (Å²) in [5.41, 5.74) is 2.83. The van der Waals surface area contributed by atoms with E-state index in [0.29, 0.717) is 27.3 Å². The molecule has 0 aliphatic carbocycles. The number of halogens is 2. The summed E-state index contributed by atoms with van der Waals surface area (Å²) in [5, 5.41) is 3.68. The van der Waals surface area contributed by atoms with Gasteiger partial charge in [0.05, 0.1) is 33.0 Å². The van der Waals surface area contributed by atoms with Gasteiger partial charge in [-0.25, -0.2) is 4.79 Å². The van der Waals surface area contributed by atoms with E-state index < -0.39 is 0 Å². The third-order valence-corrected chi connectivity index (χ3v) is 5.45. The number of benzene rings is 2. The van der Waals surface area contributed by atoms with Crippen molar-refractivity contribution >= 4 is 51.5 Å². The van der Waals surface area contributed by atoms with Gasteiger partial charge in [-0.2, -0.15) is 0 Å². The summed E-state index contributed by atoms with van der Waals surface area (Å²) < 4.78 is 0. The van der Waals surface area contributed by atoms with Crippen LogP contribution in [0.15, 0.2) is 35.1 Å². The smallest absolute Gasteiger partial charge is 0.323 e. The quantitative estimate of drug-likeness (QED) is 0.608. The van der Waals surface area contributed by atoms with Gasteiger partial charge in [-0.05, 0) is 37.4 Å². The number of piperazine rings is 1. The fourth-order valence-corrected chi connectivity index (χ4v) is 3.84. The predicted molar refractivity (Wildman–Crippen MR) is 113 cm³/mol. The molecule has 1 aliphatic heterocycles. The zero-order valence-electron chi connectivity index (χ0n) is 15.2. The fourth-order valence-electron chi connectivity index (χ4n) is 3.34. The second kappa shape index (κ2) is 7.50. The molecule has 0 bridgehead atoms. The Morgan fingerprint density at radius 1 is 1.04 bits per heavy atom. The van der Waals surface area contributed by atoms with Gasteiger partial charge in [-0.3, -0.25) is 4.79 Å². The van der Waals surface area contributed by atoms with Crippen LogP contribution in [0.2, 0.25) is 10.0 Å². The molecule has 1 aromatic heterocycles. The van der Waals surface area contributed by atoms with E-state index in [0.717, 1.165) is 31.9 Å². The minimum atomic E-state index is -0.339. The largest absolute Gasteiger partial charge is 0.367 e. The molecule has 7 nitrogen and oxygen atoms in total. The Morgan fingerprint density at radius 3 is 2.39 bits per heavy atom. The highest BCUT2D eigenvalue weighted by molar-refractivity contribution is 6.37. The first-order chi connectivity index (χ1) is 13.4. The molecule has 1 amide bonds. The Morgan fingerprint density at radius 2 is 1.71 bits per heavy atom. The highest BCUT2D eigenvalue weighted by Gasteiger charge is 2.20. The van der Waals surface area contributed by atoms with Crippen molar-refractivity contribution in [3.8, 4) is 0 Å². The lowest BCUT2D eigenvalue weighted by Gasteiger charge is -2.35. The molecule has 1 saturated heterocycles. The Bertz CT molecular complexity index is 1100. The van der Waals surface area contributed by atoms with Crippen molar-refractivity contribution in [3.63, 3.8) is 0 Å². The van der Waals surface area contributed by atoms with E-state index in [2.05, 4.69) is 32.1 Å². The lowest BCUT2D eigenvalue weighted by molar-refractivity contribution is 0.102. The molecule has 0 radical (unpaired) electrons. The highest BCUT2D eigenvalue weighted by Crippen LogP contribution is 2.31. The number of rotatable bonds is 3. The first kappa shape index (κ1) is 18.9. The number of imidazole rings is 1. The van der Waals surface area contributed by atoms with Crippen LogP contribution in [-0.2, 0) is 0 Å². The van der Waals surface area contributed by atoms with E-state index in [1.54, 1.807) is 18.2 Å². The molecule has 4 rings (SSSR count). The van der Waals surface area contributed by atoms with Crippen LogP contribution in [0.1, 0.15) is 10.4 Å². The Hall–Kier alpha value is -2.48. The van der Waals surface area contributed by atoms with E-state index in [4.69, 9.17) is 23.2 Å². The molecule has 3 N–H and O–H groups in total. The first-order valence-electron chi connectivity index (χ1n) is 8.86. The van der Waals surface area contributed by atoms with Gasteiger partial charge in [0.25, 0.3) is 5.91 Å². The number of carbonyl (C=O) groups is 1. The topological polar surface area (TPSA) is 84.2 Å². The number of carbonyl (C=O) groups excluding carboxylic acids is 1. The van der Waals surface area contributed by atoms with Gasteiger partial charge in [0.2, 0.25) is 0 Å². The minimum Gasteiger partial charge on any atom is -0.367 e. The number of H-pyrrole nitrogens is 2. The average molecular weight is 420 g/mol. The molecule has 0 spiro atoms. The molecule has 1 aliphatic rings. The molecular weight excluding hydrogens is 401 g/mol. The lowest BCUT2D eigenvalue weighted by Crippen LogP contribution is -2.44. The number of nitrogens with one attached hydrogen (secondary N) is 3. The van der Waals surface area contributed by atoms with Crippen molar-refractivity contribution in [3.05, 3.63) is 56.4 Å². The molecule has 0 unspecified atom stereocenters. The normalized spacial score (nSPS) is 15.2. The third kappa shape index (κ3) is 3.73. The van der Waals surface area contributed by atoms with Crippen LogP contribution in [0.4, 0.5) is 11.4 Å². The van der Waals surface area contributed by atoms with E-state index >= 15 is 0 Å². The number of nitrogens with zero attached hydrogens (tertiary/aromatic N) is 2. The van der Waals surface area contributed by atoms with Gasteiger partial charge in [-0.1, -0.05) is 23.2 Å². The van der Waals surface area contributed by atoms with Crippen molar-refractivity contribution in [1.82, 2.24) is 14.9 Å². The summed E-state index contributed by atoms with van der Waals surface area (Å²) in [7, 11) is 2.08. The predicted octanol–water partition coefficient (Wildman–Crippen LogP) is 3.17. The maximum Gasteiger partial charge on any atom is 0.323 e. The van der Waals surface area contributed by atoms with Crippen molar-refractivity contribution < 1.29 is 4.79 Å². The number of likely N-dealkylation sites (N-methyl/N-ethyl adjacent to an activating group) is 1. The van der Waals surface area contributed by atoms with Crippen LogP contribution < -0.4 is 15.9 Å². The summed E-state index contributed by atoms with van der Waals surface area (Å²) in [6, 6.07) is 8.40. The summed E-state index contributed by atoms with van der Waals surface area (Å²) in [6.07, 6.45) is 0. The van der Waals surface area contributed by atoms with Crippen LogP contribution in [0.25, 0.3) is 11.0 Å². The number of aromatic nitrogens is 2.